The lowest BCUT2D eigenvalue weighted by Gasteiger charge is -2.31. The van der Waals surface area contributed by atoms with Crippen LogP contribution in [0.3, 0.4) is 0 Å². The van der Waals surface area contributed by atoms with Crippen molar-refractivity contribution in [3.8, 4) is 0 Å². The Kier molecular flexibility index (Phi) is 3.83. The molecular formula is C19H22N4. The maximum absolute atomic E-state index is 4.88. The zero-order chi connectivity index (χ0) is 15.6. The van der Waals surface area contributed by atoms with Crippen molar-refractivity contribution in [1.82, 2.24) is 19.9 Å². The van der Waals surface area contributed by atoms with E-state index in [2.05, 4.69) is 46.1 Å². The third-order valence-electron chi connectivity index (χ3n) is 4.75. The summed E-state index contributed by atoms with van der Waals surface area (Å²) in [5.74, 6) is 1.64. The second-order valence-electron chi connectivity index (χ2n) is 6.53. The van der Waals surface area contributed by atoms with Crippen molar-refractivity contribution >= 4 is 11.0 Å². The van der Waals surface area contributed by atoms with Crippen LogP contribution in [0.1, 0.15) is 35.7 Å². The van der Waals surface area contributed by atoms with Crippen LogP contribution in [0.4, 0.5) is 0 Å². The average Bonchev–Trinajstić information content (AvgIpc) is 3.02. The van der Waals surface area contributed by atoms with E-state index in [0.29, 0.717) is 5.92 Å². The van der Waals surface area contributed by atoms with E-state index < -0.39 is 0 Å². The van der Waals surface area contributed by atoms with Gasteiger partial charge in [-0.1, -0.05) is 18.2 Å². The van der Waals surface area contributed by atoms with Gasteiger partial charge in [-0.2, -0.15) is 0 Å². The molecule has 1 aromatic carbocycles. The molecule has 0 saturated carbocycles. The largest absolute Gasteiger partial charge is 0.342 e. The number of pyridine rings is 1. The highest BCUT2D eigenvalue weighted by atomic mass is 15.1. The van der Waals surface area contributed by atoms with Gasteiger partial charge in [0.25, 0.3) is 0 Å². The number of piperidine rings is 1. The molecule has 3 aromatic rings. The second-order valence-corrected chi connectivity index (χ2v) is 6.53. The minimum absolute atomic E-state index is 0.493. The molecule has 0 aliphatic carbocycles. The zero-order valence-corrected chi connectivity index (χ0v) is 13.5. The predicted molar refractivity (Wildman–Crippen MR) is 92.3 cm³/mol. The lowest BCUT2D eigenvalue weighted by Crippen LogP contribution is -2.34. The highest BCUT2D eigenvalue weighted by Gasteiger charge is 2.24. The van der Waals surface area contributed by atoms with E-state index in [1.807, 2.05) is 18.5 Å². The number of H-pyrrole nitrogens is 1. The van der Waals surface area contributed by atoms with Gasteiger partial charge in [-0.15, -0.1) is 0 Å². The first-order chi connectivity index (χ1) is 11.3. The summed E-state index contributed by atoms with van der Waals surface area (Å²) in [6.45, 7) is 5.32. The molecule has 1 atom stereocenters. The minimum Gasteiger partial charge on any atom is -0.342 e. The van der Waals surface area contributed by atoms with E-state index in [4.69, 9.17) is 4.98 Å². The molecule has 0 spiro atoms. The summed E-state index contributed by atoms with van der Waals surface area (Å²) >= 11 is 0. The predicted octanol–water partition coefficient (Wildman–Crippen LogP) is 3.65. The molecule has 118 valence electrons. The van der Waals surface area contributed by atoms with Crippen LogP contribution in [0.2, 0.25) is 0 Å². The summed E-state index contributed by atoms with van der Waals surface area (Å²) in [6.07, 6.45) is 6.23. The number of imidazole rings is 1. The molecule has 2 aromatic heterocycles. The second kappa shape index (κ2) is 6.13. The van der Waals surface area contributed by atoms with Gasteiger partial charge in [0.15, 0.2) is 0 Å². The number of aromatic amines is 1. The molecule has 1 aliphatic heterocycles. The topological polar surface area (TPSA) is 44.8 Å². The molecule has 1 aliphatic rings. The maximum Gasteiger partial charge on any atom is 0.111 e. The number of para-hydroxylation sites is 1. The molecule has 1 N–H and O–H groups in total. The summed E-state index contributed by atoms with van der Waals surface area (Å²) in [4.78, 5) is 15.2. The quantitative estimate of drug-likeness (QED) is 0.803. The van der Waals surface area contributed by atoms with Crippen LogP contribution >= 0.6 is 0 Å². The monoisotopic (exact) mass is 306 g/mol. The highest BCUT2D eigenvalue weighted by Crippen LogP contribution is 2.28. The number of aryl methyl sites for hydroxylation is 1. The number of rotatable bonds is 3. The fraction of sp³-hybridized carbons (Fsp3) is 0.368. The van der Waals surface area contributed by atoms with E-state index >= 15 is 0 Å². The molecule has 23 heavy (non-hydrogen) atoms. The fourth-order valence-corrected chi connectivity index (χ4v) is 3.56. The summed E-state index contributed by atoms with van der Waals surface area (Å²) in [5.41, 5.74) is 4.80. The maximum atomic E-state index is 4.88. The summed E-state index contributed by atoms with van der Waals surface area (Å²) < 4.78 is 0. The van der Waals surface area contributed by atoms with Gasteiger partial charge in [0.2, 0.25) is 0 Å². The third-order valence-corrected chi connectivity index (χ3v) is 4.75. The first-order valence-electron chi connectivity index (χ1n) is 8.36. The molecule has 1 saturated heterocycles. The van der Waals surface area contributed by atoms with Crippen LogP contribution in [0.5, 0.6) is 0 Å². The molecule has 0 radical (unpaired) electrons. The molecule has 4 rings (SSSR count). The lowest BCUT2D eigenvalue weighted by atomic mass is 9.97. The van der Waals surface area contributed by atoms with Crippen molar-refractivity contribution in [2.75, 3.05) is 13.1 Å². The molecule has 4 nitrogen and oxygen atoms in total. The SMILES string of the molecule is Cc1cccc2[nH]c([C@H]3CCCN(Cc4cccnc4)C3)nc12. The lowest BCUT2D eigenvalue weighted by molar-refractivity contribution is 0.197. The first kappa shape index (κ1) is 14.4. The fourth-order valence-electron chi connectivity index (χ4n) is 3.56. The number of aromatic nitrogens is 3. The Morgan fingerprint density at radius 1 is 1.26 bits per heavy atom. The number of hydrogen-bond acceptors (Lipinski definition) is 3. The van der Waals surface area contributed by atoms with Crippen LogP contribution in [-0.2, 0) is 6.54 Å². The van der Waals surface area contributed by atoms with E-state index in [1.165, 1.54) is 24.0 Å². The van der Waals surface area contributed by atoms with E-state index in [0.717, 1.165) is 36.5 Å². The van der Waals surface area contributed by atoms with Gasteiger partial charge in [0.1, 0.15) is 5.82 Å². The Labute approximate surface area is 136 Å². The standard InChI is InChI=1S/C19H22N4/c1-14-5-2-8-17-18(14)22-19(21-17)16-7-4-10-23(13-16)12-15-6-3-9-20-11-15/h2-3,5-6,8-9,11,16H,4,7,10,12-13H2,1H3,(H,21,22)/t16-/m0/s1. The molecule has 0 bridgehead atoms. The normalized spacial score (nSPS) is 19.3. The molecule has 0 amide bonds. The van der Waals surface area contributed by atoms with Crippen LogP contribution in [0.25, 0.3) is 11.0 Å². The van der Waals surface area contributed by atoms with Crippen LogP contribution in [-0.4, -0.2) is 32.9 Å². The smallest absolute Gasteiger partial charge is 0.111 e. The van der Waals surface area contributed by atoms with Crippen LogP contribution in [0, 0.1) is 6.92 Å². The Morgan fingerprint density at radius 3 is 3.04 bits per heavy atom. The molecule has 4 heteroatoms. The number of benzene rings is 1. The molecular weight excluding hydrogens is 284 g/mol. The van der Waals surface area contributed by atoms with Crippen molar-refractivity contribution in [2.45, 2.75) is 32.2 Å². The molecule has 3 heterocycles. The van der Waals surface area contributed by atoms with Crippen molar-refractivity contribution in [3.63, 3.8) is 0 Å². The van der Waals surface area contributed by atoms with Gasteiger partial charge < -0.3 is 4.98 Å². The molecule has 1 fully saturated rings. The van der Waals surface area contributed by atoms with Gasteiger partial charge in [0, 0.05) is 31.4 Å². The van der Waals surface area contributed by atoms with Crippen molar-refractivity contribution < 1.29 is 0 Å². The van der Waals surface area contributed by atoms with Crippen molar-refractivity contribution in [3.05, 3.63) is 59.7 Å². The van der Waals surface area contributed by atoms with Crippen LogP contribution in [0.15, 0.2) is 42.7 Å². The number of nitrogens with zero attached hydrogens (tertiary/aromatic N) is 3. The summed E-state index contributed by atoms with van der Waals surface area (Å²) in [6, 6.07) is 10.5. The van der Waals surface area contributed by atoms with Crippen LogP contribution < -0.4 is 0 Å². The average molecular weight is 306 g/mol. The Bertz CT molecular complexity index is 793. The summed E-state index contributed by atoms with van der Waals surface area (Å²) in [7, 11) is 0. The van der Waals surface area contributed by atoms with E-state index in [9.17, 15) is 0 Å². The zero-order valence-electron chi connectivity index (χ0n) is 13.5. The number of likely N-dealkylation sites (tertiary alicyclic amines) is 1. The Balaban J connectivity index is 1.53. The van der Waals surface area contributed by atoms with Gasteiger partial charge in [-0.05, 0) is 49.6 Å². The Hall–Kier alpha value is -2.20. The third kappa shape index (κ3) is 2.99. The van der Waals surface area contributed by atoms with Crippen molar-refractivity contribution in [2.24, 2.45) is 0 Å². The first-order valence-corrected chi connectivity index (χ1v) is 8.36. The number of fused-ring (bicyclic) bond motifs is 1. The summed E-state index contributed by atoms with van der Waals surface area (Å²) in [5, 5.41) is 0. The number of nitrogens with one attached hydrogen (secondary N) is 1. The Morgan fingerprint density at radius 2 is 2.22 bits per heavy atom. The van der Waals surface area contributed by atoms with Gasteiger partial charge in [0.05, 0.1) is 11.0 Å². The van der Waals surface area contributed by atoms with Crippen molar-refractivity contribution in [1.29, 1.82) is 0 Å². The van der Waals surface area contributed by atoms with Gasteiger partial charge in [-0.25, -0.2) is 4.98 Å². The molecule has 0 unspecified atom stereocenters. The van der Waals surface area contributed by atoms with Gasteiger partial charge in [-0.3, -0.25) is 9.88 Å². The van der Waals surface area contributed by atoms with Gasteiger partial charge >= 0.3 is 0 Å². The highest BCUT2D eigenvalue weighted by molar-refractivity contribution is 5.78. The van der Waals surface area contributed by atoms with E-state index in [-0.39, 0.29) is 0 Å². The minimum atomic E-state index is 0.493. The number of hydrogen-bond donors (Lipinski definition) is 1. The van der Waals surface area contributed by atoms with E-state index in [1.54, 1.807) is 0 Å².